The number of nitrogens with zero attached hydrogens (tertiary/aromatic N) is 3. The first-order chi connectivity index (χ1) is 19.2. The van der Waals surface area contributed by atoms with Crippen LogP contribution in [-0.4, -0.2) is 95.1 Å². The number of ether oxygens (including phenoxy) is 3. The zero-order valence-corrected chi connectivity index (χ0v) is 24.1. The lowest BCUT2D eigenvalue weighted by molar-refractivity contribution is -0.139. The molecule has 1 unspecified atom stereocenters. The molecule has 2 aromatic carbocycles. The number of methoxy groups -OCH3 is 2. The van der Waals surface area contributed by atoms with Crippen LogP contribution in [0.2, 0.25) is 0 Å². The van der Waals surface area contributed by atoms with Crippen LogP contribution < -0.4 is 14.8 Å². The monoisotopic (exact) mass is 572 g/mol. The number of nitrogens with one attached hydrogen (secondary N) is 1. The molecule has 1 N–H and O–H groups in total. The van der Waals surface area contributed by atoms with Gasteiger partial charge in [0.1, 0.15) is 11.5 Å². The Labute approximate surface area is 235 Å². The van der Waals surface area contributed by atoms with Crippen molar-refractivity contribution in [1.29, 1.82) is 0 Å². The Morgan fingerprint density at radius 3 is 2.45 bits per heavy atom. The van der Waals surface area contributed by atoms with E-state index in [4.69, 9.17) is 14.2 Å². The van der Waals surface area contributed by atoms with Gasteiger partial charge in [-0.25, -0.2) is 18.0 Å². The van der Waals surface area contributed by atoms with Gasteiger partial charge in [0.05, 0.1) is 37.3 Å². The van der Waals surface area contributed by atoms with Gasteiger partial charge in [-0.15, -0.1) is 0 Å². The molecule has 2 aliphatic heterocycles. The molecule has 2 aromatic rings. The fraction of sp³-hybridized carbons (Fsp3) is 0.429. The third-order valence-corrected chi connectivity index (χ3v) is 9.03. The Hall–Kier alpha value is -3.61. The number of urea groups is 1. The highest BCUT2D eigenvalue weighted by Gasteiger charge is 2.39. The summed E-state index contributed by atoms with van der Waals surface area (Å²) in [6.45, 7) is 3.79. The van der Waals surface area contributed by atoms with Gasteiger partial charge in [-0.2, -0.15) is 4.31 Å². The van der Waals surface area contributed by atoms with Crippen LogP contribution in [-0.2, 0) is 19.6 Å². The van der Waals surface area contributed by atoms with Gasteiger partial charge >= 0.3 is 12.0 Å². The molecule has 0 radical (unpaired) electrons. The van der Waals surface area contributed by atoms with Gasteiger partial charge in [0.2, 0.25) is 10.0 Å². The zero-order valence-electron chi connectivity index (χ0n) is 23.3. The number of benzene rings is 2. The number of sulfonamides is 1. The molecule has 1 atom stereocenters. The predicted molar refractivity (Wildman–Crippen MR) is 148 cm³/mol. The molecule has 1 saturated heterocycles. The first-order valence-corrected chi connectivity index (χ1v) is 14.6. The van der Waals surface area contributed by atoms with Crippen molar-refractivity contribution in [2.75, 3.05) is 60.6 Å². The number of carbonyl (C=O) groups excluding carboxylic acids is 2. The van der Waals surface area contributed by atoms with Crippen molar-refractivity contribution in [3.63, 3.8) is 0 Å². The summed E-state index contributed by atoms with van der Waals surface area (Å²) in [6, 6.07) is 12.3. The molecule has 11 nitrogen and oxygen atoms in total. The number of carbonyl (C=O) groups is 2. The Bertz CT molecular complexity index is 1360. The maximum absolute atomic E-state index is 13.4. The molecule has 12 heteroatoms. The van der Waals surface area contributed by atoms with Crippen LogP contribution in [0.25, 0.3) is 0 Å². The minimum atomic E-state index is -3.63. The molecular weight excluding hydrogens is 536 g/mol. The predicted octanol–water partition coefficient (Wildman–Crippen LogP) is 2.61. The van der Waals surface area contributed by atoms with Gasteiger partial charge in [0, 0.05) is 44.5 Å². The van der Waals surface area contributed by atoms with Crippen LogP contribution in [0.1, 0.15) is 24.9 Å². The largest absolute Gasteiger partial charge is 0.497 e. The summed E-state index contributed by atoms with van der Waals surface area (Å²) in [5, 5.41) is 2.91. The summed E-state index contributed by atoms with van der Waals surface area (Å²) in [4.78, 5) is 30.3. The molecule has 2 amide bonds. The maximum Gasteiger partial charge on any atom is 0.338 e. The lowest BCUT2D eigenvalue weighted by Crippen LogP contribution is -2.49. The van der Waals surface area contributed by atoms with Crippen molar-refractivity contribution in [3.8, 4) is 11.5 Å². The van der Waals surface area contributed by atoms with E-state index < -0.39 is 22.0 Å². The summed E-state index contributed by atoms with van der Waals surface area (Å²) in [7, 11) is 1.02. The second-order valence-corrected chi connectivity index (χ2v) is 11.4. The fourth-order valence-corrected chi connectivity index (χ4v) is 6.49. The molecule has 2 aliphatic rings. The number of esters is 1. The minimum Gasteiger partial charge on any atom is -0.497 e. The first kappa shape index (κ1) is 29.4. The van der Waals surface area contributed by atoms with Crippen molar-refractivity contribution >= 4 is 22.0 Å². The van der Waals surface area contributed by atoms with Crippen LogP contribution in [0.3, 0.4) is 0 Å². The van der Waals surface area contributed by atoms with E-state index in [-0.39, 0.29) is 36.2 Å². The van der Waals surface area contributed by atoms with Crippen molar-refractivity contribution in [2.24, 2.45) is 0 Å². The molecule has 4 rings (SSSR count). The average molecular weight is 573 g/mol. The summed E-state index contributed by atoms with van der Waals surface area (Å²) in [5.41, 5.74) is 1.32. The minimum absolute atomic E-state index is 0.158. The van der Waals surface area contributed by atoms with E-state index in [1.807, 2.05) is 0 Å². The molecule has 2 heterocycles. The first-order valence-electron chi connectivity index (χ1n) is 13.1. The molecule has 1 fully saturated rings. The topological polar surface area (TPSA) is 118 Å². The normalized spacial score (nSPS) is 19.1. The molecule has 0 saturated carbocycles. The van der Waals surface area contributed by atoms with E-state index in [2.05, 4.69) is 10.2 Å². The summed E-state index contributed by atoms with van der Waals surface area (Å²) >= 11 is 0. The van der Waals surface area contributed by atoms with Gasteiger partial charge in [0.25, 0.3) is 0 Å². The Kier molecular flexibility index (Phi) is 9.33. The number of likely N-dealkylation sites (N-methyl/N-ethyl adjacent to an activating group) is 1. The second-order valence-electron chi connectivity index (χ2n) is 9.48. The van der Waals surface area contributed by atoms with E-state index in [1.165, 1.54) is 23.4 Å². The van der Waals surface area contributed by atoms with Crippen LogP contribution in [0.15, 0.2) is 64.7 Å². The molecule has 0 bridgehead atoms. The Morgan fingerprint density at radius 2 is 1.77 bits per heavy atom. The standard InChI is InChI=1S/C28H36N4O7S/c1-5-39-27(33)25-23(30(2)28(34)29-26(25)22-18-20(37-3)12-13-24(22)38-4)19-31-14-9-15-32(17-16-31)40(35,36)21-10-7-6-8-11-21/h6-8,10-13,18,26H,5,9,14-17,19H2,1-4H3,(H,29,34). The number of rotatable bonds is 9. The molecule has 0 spiro atoms. The van der Waals surface area contributed by atoms with E-state index >= 15 is 0 Å². The van der Waals surface area contributed by atoms with Crippen molar-refractivity contribution < 1.29 is 32.2 Å². The fourth-order valence-electron chi connectivity index (χ4n) is 5.00. The zero-order chi connectivity index (χ0) is 28.9. The molecule has 0 aromatic heterocycles. The number of hydrogen-bond donors (Lipinski definition) is 1. The molecule has 0 aliphatic carbocycles. The van der Waals surface area contributed by atoms with E-state index in [1.54, 1.807) is 62.5 Å². The molecule has 40 heavy (non-hydrogen) atoms. The quantitative estimate of drug-likeness (QED) is 0.456. The highest BCUT2D eigenvalue weighted by molar-refractivity contribution is 7.89. The lowest BCUT2D eigenvalue weighted by Gasteiger charge is -2.37. The summed E-state index contributed by atoms with van der Waals surface area (Å²) in [5.74, 6) is 0.469. The van der Waals surface area contributed by atoms with Crippen LogP contribution >= 0.6 is 0 Å². The van der Waals surface area contributed by atoms with E-state index in [9.17, 15) is 18.0 Å². The van der Waals surface area contributed by atoms with Gasteiger partial charge in [-0.3, -0.25) is 9.80 Å². The van der Waals surface area contributed by atoms with Crippen LogP contribution in [0, 0.1) is 0 Å². The van der Waals surface area contributed by atoms with Gasteiger partial charge in [-0.1, -0.05) is 18.2 Å². The van der Waals surface area contributed by atoms with Crippen molar-refractivity contribution in [1.82, 2.24) is 19.4 Å². The average Bonchev–Trinajstić information content (AvgIpc) is 3.21. The Balaban J connectivity index is 1.68. The van der Waals surface area contributed by atoms with Crippen molar-refractivity contribution in [3.05, 3.63) is 65.4 Å². The van der Waals surface area contributed by atoms with E-state index in [0.717, 1.165) is 0 Å². The second kappa shape index (κ2) is 12.7. The Morgan fingerprint density at radius 1 is 1.02 bits per heavy atom. The third kappa shape index (κ3) is 6.08. The van der Waals surface area contributed by atoms with Gasteiger partial charge in [-0.05, 0) is 50.2 Å². The SMILES string of the molecule is CCOC(=O)C1=C(CN2CCCN(S(=O)(=O)c3ccccc3)CC2)N(C)C(=O)NC1c1cc(OC)ccc1OC. The highest BCUT2D eigenvalue weighted by Crippen LogP contribution is 2.38. The van der Waals surface area contributed by atoms with Crippen LogP contribution in [0.4, 0.5) is 4.79 Å². The summed E-state index contributed by atoms with van der Waals surface area (Å²) < 4.78 is 44.3. The third-order valence-electron chi connectivity index (χ3n) is 7.12. The summed E-state index contributed by atoms with van der Waals surface area (Å²) in [6.07, 6.45) is 0.594. The van der Waals surface area contributed by atoms with Gasteiger partial charge < -0.3 is 19.5 Å². The maximum atomic E-state index is 13.4. The molecule has 216 valence electrons. The van der Waals surface area contributed by atoms with E-state index in [0.29, 0.717) is 48.8 Å². The lowest BCUT2D eigenvalue weighted by atomic mass is 9.93. The number of amides is 2. The highest BCUT2D eigenvalue weighted by atomic mass is 32.2. The van der Waals surface area contributed by atoms with Crippen molar-refractivity contribution in [2.45, 2.75) is 24.3 Å². The van der Waals surface area contributed by atoms with Crippen LogP contribution in [0.5, 0.6) is 11.5 Å². The smallest absolute Gasteiger partial charge is 0.338 e. The number of hydrogen-bond acceptors (Lipinski definition) is 8. The van der Waals surface area contributed by atoms with Gasteiger partial charge in [0.15, 0.2) is 0 Å². The molecular formula is C28H36N4O7S.